The maximum absolute atomic E-state index is 11.4. The van der Waals surface area contributed by atoms with E-state index in [1.807, 2.05) is 0 Å². The number of thioether (sulfide) groups is 1. The van der Waals surface area contributed by atoms with Gasteiger partial charge in [-0.25, -0.2) is 8.42 Å². The minimum atomic E-state index is -3.36. The van der Waals surface area contributed by atoms with Crippen molar-refractivity contribution in [3.8, 4) is 0 Å². The van der Waals surface area contributed by atoms with Crippen LogP contribution in [0.1, 0.15) is 6.92 Å². The highest BCUT2D eigenvalue weighted by molar-refractivity contribution is 8.00. The predicted octanol–water partition coefficient (Wildman–Crippen LogP) is -0.204. The molecule has 0 aromatic rings. The molecule has 1 aliphatic rings. The molecule has 0 radical (unpaired) electrons. The maximum Gasteiger partial charge on any atom is 0.322 e. The first-order valence-corrected chi connectivity index (χ1v) is 6.55. The normalized spacial score (nSPS) is 24.8. The van der Waals surface area contributed by atoms with Gasteiger partial charge in [0.15, 0.2) is 0 Å². The van der Waals surface area contributed by atoms with Crippen LogP contribution in [0, 0.1) is 0 Å². The lowest BCUT2D eigenvalue weighted by molar-refractivity contribution is -0.140. The van der Waals surface area contributed by atoms with Crippen LogP contribution in [-0.4, -0.2) is 47.2 Å². The summed E-state index contributed by atoms with van der Waals surface area (Å²) in [6.07, 6.45) is 0. The fourth-order valence-corrected chi connectivity index (χ4v) is 3.92. The lowest BCUT2D eigenvalue weighted by Gasteiger charge is -2.18. The number of rotatable bonds is 3. The minimum absolute atomic E-state index is 0.0443. The molecule has 1 N–H and O–H groups in total. The quantitative estimate of drug-likeness (QED) is 0.719. The Kier molecular flexibility index (Phi) is 3.20. The number of aliphatic carboxylic acids is 1. The van der Waals surface area contributed by atoms with E-state index >= 15 is 0 Å². The fourth-order valence-electron chi connectivity index (χ4n) is 1.06. The summed E-state index contributed by atoms with van der Waals surface area (Å²) in [5, 5.41) is 8.72. The van der Waals surface area contributed by atoms with Gasteiger partial charge in [-0.15, -0.1) is 11.8 Å². The van der Waals surface area contributed by atoms with E-state index in [4.69, 9.17) is 5.11 Å². The molecule has 1 aliphatic heterocycles. The Morgan fingerprint density at radius 1 is 1.69 bits per heavy atom. The molecule has 1 saturated heterocycles. The zero-order valence-corrected chi connectivity index (χ0v) is 8.77. The molecule has 1 heterocycles. The zero-order chi connectivity index (χ0) is 10.1. The Balaban J connectivity index is 2.86. The van der Waals surface area contributed by atoms with Crippen LogP contribution >= 0.6 is 11.8 Å². The van der Waals surface area contributed by atoms with E-state index < -0.39 is 22.0 Å². The average Bonchev–Trinajstić information content (AvgIpc) is 2.52. The van der Waals surface area contributed by atoms with Gasteiger partial charge in [-0.2, -0.15) is 4.31 Å². The largest absolute Gasteiger partial charge is 0.480 e. The maximum atomic E-state index is 11.4. The summed E-state index contributed by atoms with van der Waals surface area (Å²) in [5.41, 5.74) is 0. The number of carboxylic acids is 1. The minimum Gasteiger partial charge on any atom is -0.480 e. The van der Waals surface area contributed by atoms with E-state index in [0.29, 0.717) is 5.75 Å². The molecule has 0 aromatic heterocycles. The number of carboxylic acid groups (broad SMARTS) is 1. The van der Waals surface area contributed by atoms with E-state index in [0.717, 1.165) is 4.31 Å². The Morgan fingerprint density at radius 3 is 2.77 bits per heavy atom. The number of nitrogens with zero attached hydrogens (tertiary/aromatic N) is 1. The van der Waals surface area contributed by atoms with Gasteiger partial charge in [0.05, 0.1) is 11.6 Å². The number of hydrogen-bond acceptors (Lipinski definition) is 4. The van der Waals surface area contributed by atoms with Crippen molar-refractivity contribution in [2.45, 2.75) is 13.0 Å². The molecule has 0 amide bonds. The van der Waals surface area contributed by atoms with Gasteiger partial charge < -0.3 is 5.11 Å². The highest BCUT2D eigenvalue weighted by Gasteiger charge is 2.38. The lowest BCUT2D eigenvalue weighted by Crippen LogP contribution is -2.42. The molecule has 1 fully saturated rings. The first-order valence-electron chi connectivity index (χ1n) is 3.79. The molecule has 1 rings (SSSR count). The number of carbonyl (C=O) groups is 1. The Labute approximate surface area is 81.2 Å². The highest BCUT2D eigenvalue weighted by atomic mass is 32.2. The van der Waals surface area contributed by atoms with Gasteiger partial charge in [0.25, 0.3) is 0 Å². The highest BCUT2D eigenvalue weighted by Crippen LogP contribution is 2.24. The van der Waals surface area contributed by atoms with Gasteiger partial charge in [-0.1, -0.05) is 0 Å². The van der Waals surface area contributed by atoms with Crippen LogP contribution in [0.25, 0.3) is 0 Å². The second-order valence-corrected chi connectivity index (χ2v) is 5.85. The van der Waals surface area contributed by atoms with Crippen molar-refractivity contribution >= 4 is 27.8 Å². The molecule has 0 bridgehead atoms. The smallest absolute Gasteiger partial charge is 0.322 e. The van der Waals surface area contributed by atoms with Gasteiger partial charge in [0.1, 0.15) is 6.04 Å². The molecule has 1 atom stereocenters. The van der Waals surface area contributed by atoms with Gasteiger partial charge >= 0.3 is 5.97 Å². The SMILES string of the molecule is CCS(=O)(=O)N1CSC[C@H]1C(=O)O. The lowest BCUT2D eigenvalue weighted by atomic mass is 10.4. The van der Waals surface area contributed by atoms with Crippen molar-refractivity contribution in [1.82, 2.24) is 4.31 Å². The van der Waals surface area contributed by atoms with Gasteiger partial charge in [-0.05, 0) is 6.92 Å². The topological polar surface area (TPSA) is 74.7 Å². The Morgan fingerprint density at radius 2 is 2.31 bits per heavy atom. The summed E-state index contributed by atoms with van der Waals surface area (Å²) < 4.78 is 23.8. The molecule has 7 heteroatoms. The molecule has 0 spiro atoms. The van der Waals surface area contributed by atoms with Crippen molar-refractivity contribution in [2.24, 2.45) is 0 Å². The van der Waals surface area contributed by atoms with Crippen molar-refractivity contribution in [3.63, 3.8) is 0 Å². The predicted molar refractivity (Wildman–Crippen MR) is 50.0 cm³/mol. The summed E-state index contributed by atoms with van der Waals surface area (Å²) in [5.74, 6) is -0.513. The second-order valence-electron chi connectivity index (χ2n) is 2.64. The second kappa shape index (κ2) is 3.85. The van der Waals surface area contributed by atoms with Crippen LogP contribution in [0.2, 0.25) is 0 Å². The number of hydrogen-bond donors (Lipinski definition) is 1. The third kappa shape index (κ3) is 2.15. The Bertz CT molecular complexity index is 300. The number of sulfonamides is 1. The van der Waals surface area contributed by atoms with E-state index in [-0.39, 0.29) is 11.6 Å². The standard InChI is InChI=1S/C6H11NO4S2/c1-2-13(10,11)7-4-12-3-5(7)6(8)9/h5H,2-4H2,1H3,(H,8,9)/t5-/m0/s1. The van der Waals surface area contributed by atoms with Crippen LogP contribution in [-0.2, 0) is 14.8 Å². The van der Waals surface area contributed by atoms with Gasteiger partial charge in [0.2, 0.25) is 10.0 Å². The molecule has 0 aliphatic carbocycles. The van der Waals surface area contributed by atoms with E-state index in [1.54, 1.807) is 0 Å². The van der Waals surface area contributed by atoms with Crippen LogP contribution in [0.3, 0.4) is 0 Å². The zero-order valence-electron chi connectivity index (χ0n) is 7.13. The van der Waals surface area contributed by atoms with Gasteiger partial charge in [-0.3, -0.25) is 4.79 Å². The average molecular weight is 225 g/mol. The molecule has 0 unspecified atom stereocenters. The van der Waals surface area contributed by atoms with E-state index in [1.165, 1.54) is 18.7 Å². The monoisotopic (exact) mass is 225 g/mol. The molecule has 5 nitrogen and oxygen atoms in total. The molecular weight excluding hydrogens is 214 g/mol. The van der Waals surface area contributed by atoms with Crippen LogP contribution < -0.4 is 0 Å². The Hall–Kier alpha value is -0.270. The van der Waals surface area contributed by atoms with Crippen LogP contribution in [0.4, 0.5) is 0 Å². The van der Waals surface area contributed by atoms with Crippen molar-refractivity contribution < 1.29 is 18.3 Å². The van der Waals surface area contributed by atoms with Crippen molar-refractivity contribution in [2.75, 3.05) is 17.4 Å². The van der Waals surface area contributed by atoms with Crippen molar-refractivity contribution in [1.29, 1.82) is 0 Å². The summed E-state index contributed by atoms with van der Waals surface area (Å²) >= 11 is 1.33. The van der Waals surface area contributed by atoms with Crippen molar-refractivity contribution in [3.05, 3.63) is 0 Å². The molecule has 0 aromatic carbocycles. The van der Waals surface area contributed by atoms with Crippen LogP contribution in [0.15, 0.2) is 0 Å². The van der Waals surface area contributed by atoms with E-state index in [2.05, 4.69) is 0 Å². The molecule has 0 saturated carbocycles. The molecule has 13 heavy (non-hydrogen) atoms. The van der Waals surface area contributed by atoms with Gasteiger partial charge in [0, 0.05) is 5.75 Å². The van der Waals surface area contributed by atoms with Crippen LogP contribution in [0.5, 0.6) is 0 Å². The summed E-state index contributed by atoms with van der Waals surface area (Å²) in [6, 6.07) is -0.880. The molecular formula is C6H11NO4S2. The summed E-state index contributed by atoms with van der Waals surface area (Å²) in [4.78, 5) is 10.7. The third-order valence-corrected chi connectivity index (χ3v) is 4.85. The fraction of sp³-hybridized carbons (Fsp3) is 0.833. The van der Waals surface area contributed by atoms with E-state index in [9.17, 15) is 13.2 Å². The summed E-state index contributed by atoms with van der Waals surface area (Å²) in [6.45, 7) is 1.51. The first-order chi connectivity index (χ1) is 5.99. The summed E-state index contributed by atoms with van der Waals surface area (Å²) in [7, 11) is -3.36. The molecule has 76 valence electrons. The third-order valence-electron chi connectivity index (χ3n) is 1.85. The first kappa shape index (κ1) is 10.8.